The van der Waals surface area contributed by atoms with Crippen LogP contribution in [0.3, 0.4) is 0 Å². The Morgan fingerprint density at radius 2 is 1.78 bits per heavy atom. The Morgan fingerprint density at radius 3 is 2.52 bits per heavy atom. The summed E-state index contributed by atoms with van der Waals surface area (Å²) in [4.78, 5) is 3.11. The van der Waals surface area contributed by atoms with E-state index in [9.17, 15) is 0 Å². The highest BCUT2D eigenvalue weighted by Crippen LogP contribution is 2.19. The van der Waals surface area contributed by atoms with E-state index in [-0.39, 0.29) is 6.04 Å². The lowest BCUT2D eigenvalue weighted by Gasteiger charge is -2.32. The van der Waals surface area contributed by atoms with Gasteiger partial charge in [0.15, 0.2) is 6.04 Å². The Bertz CT molecular complexity index is 875. The van der Waals surface area contributed by atoms with E-state index in [1.807, 2.05) is 42.5 Å². The Morgan fingerprint density at radius 1 is 1.00 bits per heavy atom. The fourth-order valence-corrected chi connectivity index (χ4v) is 3.96. The first-order valence-electron chi connectivity index (χ1n) is 9.50. The highest BCUT2D eigenvalue weighted by molar-refractivity contribution is 6.30. The molecule has 5 nitrogen and oxygen atoms in total. The molecule has 2 N–H and O–H groups in total. The van der Waals surface area contributed by atoms with Gasteiger partial charge in [-0.3, -0.25) is 0 Å². The van der Waals surface area contributed by atoms with Gasteiger partial charge in [0.25, 0.3) is 5.89 Å². The molecule has 2 heterocycles. The molecule has 0 spiro atoms. The van der Waals surface area contributed by atoms with E-state index in [0.717, 1.165) is 49.2 Å². The summed E-state index contributed by atoms with van der Waals surface area (Å²) >= 11 is 6.10. The average Bonchev–Trinajstić information content (AvgIpc) is 3.19. The van der Waals surface area contributed by atoms with Gasteiger partial charge in [0, 0.05) is 16.1 Å². The molecular weight excluding hydrogens is 360 g/mol. The summed E-state index contributed by atoms with van der Waals surface area (Å²) in [6.07, 6.45) is 0. The second-order valence-corrected chi connectivity index (χ2v) is 7.68. The molecule has 1 aliphatic heterocycles. The summed E-state index contributed by atoms with van der Waals surface area (Å²) in [6.45, 7) is 7.67. The van der Waals surface area contributed by atoms with Crippen LogP contribution >= 0.6 is 11.6 Å². The third-order valence-corrected chi connectivity index (χ3v) is 5.62. The molecule has 1 fully saturated rings. The van der Waals surface area contributed by atoms with Crippen LogP contribution in [-0.4, -0.2) is 36.4 Å². The van der Waals surface area contributed by atoms with Crippen LogP contribution < -0.4 is 9.80 Å². The van der Waals surface area contributed by atoms with E-state index in [1.54, 1.807) is 4.90 Å². The van der Waals surface area contributed by atoms with Crippen LogP contribution in [-0.2, 0) is 6.54 Å². The number of piperazine rings is 1. The molecule has 1 aromatic heterocycles. The number of quaternary nitrogens is 2. The second-order valence-electron chi connectivity index (χ2n) is 7.25. The van der Waals surface area contributed by atoms with Crippen molar-refractivity contribution >= 4 is 11.6 Å². The van der Waals surface area contributed by atoms with E-state index < -0.39 is 0 Å². The van der Waals surface area contributed by atoms with Gasteiger partial charge in [0.1, 0.15) is 32.7 Å². The second kappa shape index (κ2) is 8.21. The maximum absolute atomic E-state index is 6.10. The molecule has 1 atom stereocenters. The topological polar surface area (TPSA) is 47.8 Å². The first-order valence-corrected chi connectivity index (χ1v) is 9.88. The summed E-state index contributed by atoms with van der Waals surface area (Å²) in [5.41, 5.74) is 2.27. The van der Waals surface area contributed by atoms with Crippen LogP contribution in [0.15, 0.2) is 59.0 Å². The summed E-state index contributed by atoms with van der Waals surface area (Å²) in [7, 11) is 0. The van der Waals surface area contributed by atoms with Crippen molar-refractivity contribution in [3.05, 3.63) is 71.1 Å². The molecule has 0 bridgehead atoms. The van der Waals surface area contributed by atoms with Gasteiger partial charge in [-0.25, -0.2) is 0 Å². The predicted octanol–water partition coefficient (Wildman–Crippen LogP) is 1.43. The minimum atomic E-state index is 0.211. The summed E-state index contributed by atoms with van der Waals surface area (Å²) in [5, 5.41) is 9.35. The number of hydrogen-bond donors (Lipinski definition) is 2. The standard InChI is InChI=1S/C21H23ClN4O/c1-16(20-23-24-21(27-20)18-7-3-2-4-8-18)26-12-10-25(11-13-26)15-17-6-5-9-19(22)14-17/h2-9,14,16H,10-13,15H2,1H3/p+2/t16-/m1/s1. The van der Waals surface area contributed by atoms with Crippen molar-refractivity contribution in [2.75, 3.05) is 26.2 Å². The van der Waals surface area contributed by atoms with Crippen molar-refractivity contribution in [3.8, 4) is 11.5 Å². The first kappa shape index (κ1) is 18.2. The highest BCUT2D eigenvalue weighted by Gasteiger charge is 2.31. The number of nitrogens with zero attached hydrogens (tertiary/aromatic N) is 2. The van der Waals surface area contributed by atoms with E-state index in [0.29, 0.717) is 5.89 Å². The van der Waals surface area contributed by atoms with Crippen LogP contribution in [0.1, 0.15) is 24.4 Å². The minimum Gasteiger partial charge on any atom is -0.415 e. The SMILES string of the molecule is C[C@H](c1nnc(-c2ccccc2)o1)[NH+]1CC[NH+](Cc2cccc(Cl)c2)CC1. The number of aromatic nitrogens is 2. The molecule has 1 aliphatic rings. The van der Waals surface area contributed by atoms with E-state index in [4.69, 9.17) is 16.0 Å². The number of benzene rings is 2. The van der Waals surface area contributed by atoms with E-state index in [2.05, 4.69) is 29.3 Å². The largest absolute Gasteiger partial charge is 0.415 e. The van der Waals surface area contributed by atoms with Crippen LogP contribution in [0.2, 0.25) is 5.02 Å². The fourth-order valence-electron chi connectivity index (χ4n) is 3.75. The third kappa shape index (κ3) is 4.38. The number of hydrogen-bond acceptors (Lipinski definition) is 3. The van der Waals surface area contributed by atoms with Crippen molar-refractivity contribution in [1.29, 1.82) is 0 Å². The molecule has 0 aliphatic carbocycles. The molecule has 3 aromatic rings. The zero-order valence-electron chi connectivity index (χ0n) is 15.5. The van der Waals surface area contributed by atoms with Crippen molar-refractivity contribution in [2.24, 2.45) is 0 Å². The molecule has 27 heavy (non-hydrogen) atoms. The maximum atomic E-state index is 6.10. The van der Waals surface area contributed by atoms with Crippen LogP contribution in [0.25, 0.3) is 11.5 Å². The van der Waals surface area contributed by atoms with Crippen LogP contribution in [0, 0.1) is 0 Å². The molecule has 0 unspecified atom stereocenters. The predicted molar refractivity (Wildman–Crippen MR) is 105 cm³/mol. The smallest absolute Gasteiger partial charge is 0.274 e. The zero-order chi connectivity index (χ0) is 18.6. The lowest BCUT2D eigenvalue weighted by atomic mass is 10.2. The molecule has 2 aromatic carbocycles. The number of nitrogens with one attached hydrogen (secondary N) is 2. The molecule has 0 amide bonds. The van der Waals surface area contributed by atoms with Crippen LogP contribution in [0.5, 0.6) is 0 Å². The molecule has 1 saturated heterocycles. The van der Waals surface area contributed by atoms with E-state index >= 15 is 0 Å². The normalized spacial score (nSPS) is 21.1. The molecular formula is C21H25ClN4O+2. The molecule has 4 rings (SSSR count). The first-order chi connectivity index (χ1) is 13.2. The fraction of sp³-hybridized carbons (Fsp3) is 0.333. The van der Waals surface area contributed by atoms with Crippen molar-refractivity contribution in [1.82, 2.24) is 10.2 Å². The van der Waals surface area contributed by atoms with Gasteiger partial charge in [-0.2, -0.15) is 0 Å². The lowest BCUT2D eigenvalue weighted by Crippen LogP contribution is -3.27. The Hall–Kier alpha value is -2.21. The van der Waals surface area contributed by atoms with Gasteiger partial charge in [0.2, 0.25) is 5.89 Å². The van der Waals surface area contributed by atoms with Crippen molar-refractivity contribution in [3.63, 3.8) is 0 Å². The Balaban J connectivity index is 1.35. The molecule has 0 saturated carbocycles. The minimum absolute atomic E-state index is 0.211. The molecule has 6 heteroatoms. The van der Waals surface area contributed by atoms with Gasteiger partial charge in [-0.1, -0.05) is 41.9 Å². The van der Waals surface area contributed by atoms with Gasteiger partial charge >= 0.3 is 0 Å². The Labute approximate surface area is 164 Å². The maximum Gasteiger partial charge on any atom is 0.274 e. The molecule has 0 radical (unpaired) electrons. The van der Waals surface area contributed by atoms with Crippen molar-refractivity contribution in [2.45, 2.75) is 19.5 Å². The average molecular weight is 385 g/mol. The van der Waals surface area contributed by atoms with E-state index in [1.165, 1.54) is 10.5 Å². The Kier molecular flexibility index (Phi) is 5.53. The number of halogens is 1. The summed E-state index contributed by atoms with van der Waals surface area (Å²) in [5.74, 6) is 1.32. The highest BCUT2D eigenvalue weighted by atomic mass is 35.5. The molecule has 140 valence electrons. The third-order valence-electron chi connectivity index (χ3n) is 5.39. The van der Waals surface area contributed by atoms with Gasteiger partial charge < -0.3 is 14.2 Å². The van der Waals surface area contributed by atoms with Crippen LogP contribution in [0.4, 0.5) is 0 Å². The van der Waals surface area contributed by atoms with Gasteiger partial charge in [-0.15, -0.1) is 10.2 Å². The van der Waals surface area contributed by atoms with Gasteiger partial charge in [-0.05, 0) is 31.2 Å². The lowest BCUT2D eigenvalue weighted by molar-refractivity contribution is -1.03. The summed E-state index contributed by atoms with van der Waals surface area (Å²) < 4.78 is 5.96. The quantitative estimate of drug-likeness (QED) is 0.699. The zero-order valence-corrected chi connectivity index (χ0v) is 16.2. The monoisotopic (exact) mass is 384 g/mol. The van der Waals surface area contributed by atoms with Crippen molar-refractivity contribution < 1.29 is 14.2 Å². The number of rotatable bonds is 5. The summed E-state index contributed by atoms with van der Waals surface area (Å²) in [6, 6.07) is 18.3. The van der Waals surface area contributed by atoms with Gasteiger partial charge in [0.05, 0.1) is 0 Å².